The van der Waals surface area contributed by atoms with Crippen LogP contribution in [0, 0.1) is 0 Å². The van der Waals surface area contributed by atoms with Gasteiger partial charge >= 0.3 is 6.18 Å². The van der Waals surface area contributed by atoms with E-state index in [0.29, 0.717) is 11.7 Å². The number of hydrogen-bond acceptors (Lipinski definition) is 2. The number of alkyl halides is 3. The predicted octanol–water partition coefficient (Wildman–Crippen LogP) is 3.67. The summed E-state index contributed by atoms with van der Waals surface area (Å²) in [6.07, 6.45) is -2.35. The molecule has 1 N–H and O–H groups in total. The van der Waals surface area contributed by atoms with Crippen molar-refractivity contribution in [2.45, 2.75) is 44.9 Å². The molecule has 1 heterocycles. The van der Waals surface area contributed by atoms with Crippen molar-refractivity contribution in [3.8, 4) is 0 Å². The summed E-state index contributed by atoms with van der Waals surface area (Å²) >= 11 is 0. The molecular weight excluding hydrogens is 265 g/mol. The van der Waals surface area contributed by atoms with Gasteiger partial charge in [-0.15, -0.1) is 0 Å². The molecule has 2 nitrogen and oxygen atoms in total. The summed E-state index contributed by atoms with van der Waals surface area (Å²) in [6, 6.07) is 6.35. The number of nitrogens with one attached hydrogen (secondary N) is 1. The lowest BCUT2D eigenvalue weighted by atomic mass is 9.97. The van der Waals surface area contributed by atoms with E-state index in [1.54, 1.807) is 6.07 Å². The van der Waals surface area contributed by atoms with Crippen LogP contribution in [0.5, 0.6) is 0 Å². The third-order valence-electron chi connectivity index (χ3n) is 3.87. The fourth-order valence-corrected chi connectivity index (χ4v) is 2.89. The van der Waals surface area contributed by atoms with Crippen LogP contribution in [0.2, 0.25) is 0 Å². The average Bonchev–Trinajstić information content (AvgIpc) is 2.38. The number of rotatable bonds is 3. The van der Waals surface area contributed by atoms with Gasteiger partial charge in [-0.2, -0.15) is 13.2 Å². The molecule has 0 aromatic heterocycles. The van der Waals surface area contributed by atoms with E-state index in [0.717, 1.165) is 32.0 Å². The molecule has 1 aliphatic heterocycles. The van der Waals surface area contributed by atoms with Crippen LogP contribution in [0.15, 0.2) is 24.3 Å². The number of halogens is 3. The van der Waals surface area contributed by atoms with Crippen LogP contribution >= 0.6 is 0 Å². The molecular formula is C15H21F3N2. The quantitative estimate of drug-likeness (QED) is 0.912. The second-order valence-electron chi connectivity index (χ2n) is 5.37. The van der Waals surface area contributed by atoms with E-state index in [1.807, 2.05) is 0 Å². The first-order valence-electron chi connectivity index (χ1n) is 7.09. The molecule has 20 heavy (non-hydrogen) atoms. The van der Waals surface area contributed by atoms with Gasteiger partial charge in [-0.05, 0) is 44.5 Å². The molecule has 1 fully saturated rings. The maximum absolute atomic E-state index is 12.8. The number of piperidine rings is 1. The van der Waals surface area contributed by atoms with Crippen LogP contribution in [0.25, 0.3) is 0 Å². The second-order valence-corrected chi connectivity index (χ2v) is 5.37. The van der Waals surface area contributed by atoms with Crippen LogP contribution < -0.4 is 10.2 Å². The molecule has 0 amide bonds. The van der Waals surface area contributed by atoms with Crippen molar-refractivity contribution in [3.63, 3.8) is 0 Å². The van der Waals surface area contributed by atoms with Gasteiger partial charge in [-0.25, -0.2) is 0 Å². The molecule has 0 spiro atoms. The molecule has 1 aromatic rings. The largest absolute Gasteiger partial charge is 0.416 e. The first-order valence-corrected chi connectivity index (χ1v) is 7.09. The van der Waals surface area contributed by atoms with Gasteiger partial charge in [0.15, 0.2) is 0 Å². The lowest BCUT2D eigenvalue weighted by Gasteiger charge is -2.39. The van der Waals surface area contributed by atoms with Crippen molar-refractivity contribution in [1.29, 1.82) is 0 Å². The maximum atomic E-state index is 12.8. The fraction of sp³-hybridized carbons (Fsp3) is 0.600. The zero-order chi connectivity index (χ0) is 14.8. The first kappa shape index (κ1) is 15.2. The zero-order valence-electron chi connectivity index (χ0n) is 11.9. The summed E-state index contributed by atoms with van der Waals surface area (Å²) in [5.41, 5.74) is 0.0956. The van der Waals surface area contributed by atoms with Gasteiger partial charge in [0, 0.05) is 24.3 Å². The minimum absolute atomic E-state index is 0.247. The van der Waals surface area contributed by atoms with Crippen molar-refractivity contribution in [1.82, 2.24) is 5.32 Å². The Hall–Kier alpha value is -1.23. The van der Waals surface area contributed by atoms with Gasteiger partial charge in [0.1, 0.15) is 0 Å². The van der Waals surface area contributed by atoms with E-state index in [2.05, 4.69) is 24.1 Å². The third kappa shape index (κ3) is 3.45. The Morgan fingerprint density at radius 2 is 2.10 bits per heavy atom. The van der Waals surface area contributed by atoms with Crippen LogP contribution in [0.1, 0.15) is 32.3 Å². The Morgan fingerprint density at radius 1 is 1.35 bits per heavy atom. The van der Waals surface area contributed by atoms with E-state index in [9.17, 15) is 13.2 Å². The minimum Gasteiger partial charge on any atom is -0.369 e. The van der Waals surface area contributed by atoms with Crippen LogP contribution in [-0.2, 0) is 6.18 Å². The lowest BCUT2D eigenvalue weighted by molar-refractivity contribution is -0.137. The Balaban J connectivity index is 2.12. The van der Waals surface area contributed by atoms with E-state index >= 15 is 0 Å². The van der Waals surface area contributed by atoms with E-state index in [1.165, 1.54) is 12.1 Å². The van der Waals surface area contributed by atoms with Crippen molar-refractivity contribution in [2.24, 2.45) is 0 Å². The highest BCUT2D eigenvalue weighted by atomic mass is 19.4. The van der Waals surface area contributed by atoms with Gasteiger partial charge < -0.3 is 10.2 Å². The molecule has 112 valence electrons. The molecule has 1 aromatic carbocycles. The van der Waals surface area contributed by atoms with Crippen molar-refractivity contribution in [3.05, 3.63) is 29.8 Å². The Bertz CT molecular complexity index is 445. The van der Waals surface area contributed by atoms with Crippen molar-refractivity contribution in [2.75, 3.05) is 18.0 Å². The fourth-order valence-electron chi connectivity index (χ4n) is 2.89. The first-order chi connectivity index (χ1) is 9.41. The smallest absolute Gasteiger partial charge is 0.369 e. The highest BCUT2D eigenvalue weighted by Gasteiger charge is 2.32. The average molecular weight is 286 g/mol. The van der Waals surface area contributed by atoms with Gasteiger partial charge in [0.2, 0.25) is 0 Å². The SMILES string of the molecule is CCNC1CCN(c2cccc(C(F)(F)F)c2)C(C)C1. The standard InChI is InChI=1S/C15H21F3N2/c1-3-19-13-7-8-20(11(2)9-13)14-6-4-5-12(10-14)15(16,17)18/h4-6,10-11,13,19H,3,7-9H2,1-2H3. The number of hydrogen-bond donors (Lipinski definition) is 1. The predicted molar refractivity (Wildman–Crippen MR) is 75.0 cm³/mol. The lowest BCUT2D eigenvalue weighted by Crippen LogP contribution is -2.47. The molecule has 2 unspecified atom stereocenters. The zero-order valence-corrected chi connectivity index (χ0v) is 11.9. The molecule has 0 aliphatic carbocycles. The molecule has 1 aliphatic rings. The topological polar surface area (TPSA) is 15.3 Å². The Kier molecular flexibility index (Phi) is 4.58. The molecule has 0 radical (unpaired) electrons. The third-order valence-corrected chi connectivity index (χ3v) is 3.87. The summed E-state index contributed by atoms with van der Waals surface area (Å²) in [5.74, 6) is 0. The summed E-state index contributed by atoms with van der Waals surface area (Å²) in [7, 11) is 0. The van der Waals surface area contributed by atoms with Gasteiger partial charge in [0.25, 0.3) is 0 Å². The van der Waals surface area contributed by atoms with E-state index in [-0.39, 0.29) is 6.04 Å². The highest BCUT2D eigenvalue weighted by molar-refractivity contribution is 5.50. The number of nitrogens with zero attached hydrogens (tertiary/aromatic N) is 1. The van der Waals surface area contributed by atoms with Crippen LogP contribution in [-0.4, -0.2) is 25.2 Å². The second kappa shape index (κ2) is 6.04. The van der Waals surface area contributed by atoms with Crippen molar-refractivity contribution >= 4 is 5.69 Å². The highest BCUT2D eigenvalue weighted by Crippen LogP contribution is 2.33. The maximum Gasteiger partial charge on any atom is 0.416 e. The number of benzene rings is 1. The molecule has 2 atom stereocenters. The van der Waals surface area contributed by atoms with Crippen LogP contribution in [0.4, 0.5) is 18.9 Å². The van der Waals surface area contributed by atoms with Gasteiger partial charge in [-0.3, -0.25) is 0 Å². The Labute approximate surface area is 118 Å². The minimum atomic E-state index is -4.28. The van der Waals surface area contributed by atoms with Gasteiger partial charge in [0.05, 0.1) is 5.56 Å². The Morgan fingerprint density at radius 3 is 2.70 bits per heavy atom. The van der Waals surface area contributed by atoms with Crippen LogP contribution in [0.3, 0.4) is 0 Å². The monoisotopic (exact) mass is 286 g/mol. The van der Waals surface area contributed by atoms with Crippen molar-refractivity contribution < 1.29 is 13.2 Å². The molecule has 5 heteroatoms. The summed E-state index contributed by atoms with van der Waals surface area (Å²) in [5, 5.41) is 3.42. The normalized spacial score (nSPS) is 23.9. The van der Waals surface area contributed by atoms with Gasteiger partial charge in [-0.1, -0.05) is 13.0 Å². The van der Waals surface area contributed by atoms with E-state index in [4.69, 9.17) is 0 Å². The van der Waals surface area contributed by atoms with E-state index < -0.39 is 11.7 Å². The summed E-state index contributed by atoms with van der Waals surface area (Å²) in [6.45, 7) is 5.87. The number of anilines is 1. The summed E-state index contributed by atoms with van der Waals surface area (Å²) in [4.78, 5) is 2.07. The molecule has 1 saturated heterocycles. The molecule has 0 bridgehead atoms. The molecule has 2 rings (SSSR count). The summed E-state index contributed by atoms with van der Waals surface area (Å²) < 4.78 is 38.3. The molecule has 0 saturated carbocycles.